The topological polar surface area (TPSA) is 55.8 Å². The number of carboxylic acids is 1. The number of fused-ring (bicyclic) bond motifs is 2. The van der Waals surface area contributed by atoms with Gasteiger partial charge in [-0.25, -0.2) is 0 Å². The predicted molar refractivity (Wildman–Crippen MR) is 95.0 cm³/mol. The van der Waals surface area contributed by atoms with E-state index in [4.69, 9.17) is 14.6 Å². The lowest BCUT2D eigenvalue weighted by Crippen LogP contribution is -2.34. The first-order valence-corrected chi connectivity index (χ1v) is 9.30. The van der Waals surface area contributed by atoms with Gasteiger partial charge in [-0.05, 0) is 30.0 Å². The lowest BCUT2D eigenvalue weighted by atomic mass is 9.97. The summed E-state index contributed by atoms with van der Waals surface area (Å²) in [4.78, 5) is 10.9. The van der Waals surface area contributed by atoms with E-state index in [1.807, 2.05) is 0 Å². The molecule has 0 amide bonds. The van der Waals surface area contributed by atoms with Crippen molar-refractivity contribution < 1.29 is 41.3 Å². The third kappa shape index (κ3) is 3.46. The summed E-state index contributed by atoms with van der Waals surface area (Å²) in [5.74, 6) is -5.30. The summed E-state index contributed by atoms with van der Waals surface area (Å²) in [5, 5.41) is 8.96. The van der Waals surface area contributed by atoms with Gasteiger partial charge in [0.1, 0.15) is 17.6 Å². The molecule has 4 nitrogen and oxygen atoms in total. The van der Waals surface area contributed by atoms with Crippen LogP contribution in [0.5, 0.6) is 11.5 Å². The smallest absolute Gasteiger partial charge is 0.458 e. The second-order valence-electron chi connectivity index (χ2n) is 7.40. The van der Waals surface area contributed by atoms with Crippen LogP contribution in [0.4, 0.5) is 22.0 Å². The van der Waals surface area contributed by atoms with E-state index >= 15 is 0 Å². The van der Waals surface area contributed by atoms with Crippen LogP contribution in [0, 0.1) is 0 Å². The van der Waals surface area contributed by atoms with Crippen LogP contribution >= 0.6 is 0 Å². The molecule has 0 saturated heterocycles. The average Bonchev–Trinajstić information content (AvgIpc) is 3.24. The van der Waals surface area contributed by atoms with Crippen molar-refractivity contribution in [2.75, 3.05) is 6.61 Å². The van der Waals surface area contributed by atoms with Gasteiger partial charge in [0.25, 0.3) is 0 Å². The van der Waals surface area contributed by atoms with Gasteiger partial charge in [0.05, 0.1) is 13.0 Å². The van der Waals surface area contributed by atoms with E-state index < -0.39 is 29.7 Å². The van der Waals surface area contributed by atoms with E-state index in [1.165, 1.54) is 12.1 Å². The largest absolute Gasteiger partial charge is 0.492 e. The molecule has 2 aromatic carbocycles. The van der Waals surface area contributed by atoms with Crippen molar-refractivity contribution >= 4 is 5.97 Å². The molecule has 2 aromatic rings. The highest BCUT2D eigenvalue weighted by atomic mass is 19.4. The number of alkyl halides is 5. The minimum Gasteiger partial charge on any atom is -0.492 e. The first-order chi connectivity index (χ1) is 14.1. The summed E-state index contributed by atoms with van der Waals surface area (Å²) >= 11 is 0. The van der Waals surface area contributed by atoms with Gasteiger partial charge in [-0.1, -0.05) is 24.3 Å². The number of benzene rings is 2. The molecule has 1 aliphatic heterocycles. The van der Waals surface area contributed by atoms with Gasteiger partial charge in [-0.15, -0.1) is 0 Å². The molecule has 0 bridgehead atoms. The van der Waals surface area contributed by atoms with Gasteiger partial charge < -0.3 is 14.6 Å². The highest BCUT2D eigenvalue weighted by Crippen LogP contribution is 2.49. The number of ether oxygens (including phenoxy) is 2. The molecule has 4 rings (SSSR count). The summed E-state index contributed by atoms with van der Waals surface area (Å²) < 4.78 is 77.8. The van der Waals surface area contributed by atoms with Crippen molar-refractivity contribution in [1.29, 1.82) is 0 Å². The lowest BCUT2D eigenvalue weighted by molar-refractivity contribution is -0.289. The predicted octanol–water partition coefficient (Wildman–Crippen LogP) is 5.36. The van der Waals surface area contributed by atoms with Crippen molar-refractivity contribution in [3.8, 4) is 11.5 Å². The van der Waals surface area contributed by atoms with Crippen molar-refractivity contribution in [3.63, 3.8) is 0 Å². The molecule has 0 aromatic heterocycles. The Morgan fingerprint density at radius 3 is 2.60 bits per heavy atom. The minimum absolute atomic E-state index is 0.0382. The Balaban J connectivity index is 1.57. The van der Waals surface area contributed by atoms with Crippen molar-refractivity contribution in [3.05, 3.63) is 58.7 Å². The van der Waals surface area contributed by atoms with Gasteiger partial charge in [0.15, 0.2) is 0 Å². The van der Waals surface area contributed by atoms with E-state index in [-0.39, 0.29) is 37.4 Å². The second-order valence-corrected chi connectivity index (χ2v) is 7.40. The van der Waals surface area contributed by atoms with E-state index in [0.29, 0.717) is 17.1 Å². The fourth-order valence-electron chi connectivity index (χ4n) is 4.06. The fourth-order valence-corrected chi connectivity index (χ4v) is 4.06. The Morgan fingerprint density at radius 2 is 1.90 bits per heavy atom. The molecule has 0 saturated carbocycles. The van der Waals surface area contributed by atoms with E-state index in [1.54, 1.807) is 18.2 Å². The van der Waals surface area contributed by atoms with Crippen molar-refractivity contribution in [2.24, 2.45) is 0 Å². The van der Waals surface area contributed by atoms with Gasteiger partial charge in [0.2, 0.25) is 0 Å². The molecule has 0 fully saturated rings. The Kier molecular flexibility index (Phi) is 4.86. The highest BCUT2D eigenvalue weighted by Gasteiger charge is 2.60. The van der Waals surface area contributed by atoms with Gasteiger partial charge in [0, 0.05) is 23.1 Å². The zero-order valence-corrected chi connectivity index (χ0v) is 15.5. The third-order valence-electron chi connectivity index (χ3n) is 5.47. The summed E-state index contributed by atoms with van der Waals surface area (Å²) in [5.41, 5.74) is -0.0265. The maximum Gasteiger partial charge on any atom is 0.458 e. The third-order valence-corrected chi connectivity index (χ3v) is 5.47. The van der Waals surface area contributed by atoms with Crippen LogP contribution < -0.4 is 9.47 Å². The zero-order chi connectivity index (χ0) is 21.7. The SMILES string of the molecule is O=C(O)CC1COc2cc(OC3CCc4c3cccc4C(F)(F)C(F)(F)F)ccc21. The van der Waals surface area contributed by atoms with Crippen molar-refractivity contribution in [2.45, 2.75) is 43.4 Å². The molecule has 9 heteroatoms. The van der Waals surface area contributed by atoms with Gasteiger partial charge in [-0.3, -0.25) is 4.79 Å². The molecule has 160 valence electrons. The number of halogens is 5. The monoisotopic (exact) mass is 428 g/mol. The Hall–Kier alpha value is -2.84. The average molecular weight is 428 g/mol. The van der Waals surface area contributed by atoms with Crippen LogP contribution in [0.1, 0.15) is 47.1 Å². The van der Waals surface area contributed by atoms with E-state index in [9.17, 15) is 26.7 Å². The summed E-state index contributed by atoms with van der Waals surface area (Å²) in [6.07, 6.45) is -6.10. The lowest BCUT2D eigenvalue weighted by Gasteiger charge is -2.23. The van der Waals surface area contributed by atoms with Crippen LogP contribution in [0.25, 0.3) is 0 Å². The molecule has 0 radical (unpaired) electrons. The fraction of sp³-hybridized carbons (Fsp3) is 0.381. The summed E-state index contributed by atoms with van der Waals surface area (Å²) in [6.45, 7) is 0.229. The molecule has 1 heterocycles. The second kappa shape index (κ2) is 7.14. The molecule has 30 heavy (non-hydrogen) atoms. The van der Waals surface area contributed by atoms with E-state index in [0.717, 1.165) is 11.6 Å². The molecule has 1 N–H and O–H groups in total. The van der Waals surface area contributed by atoms with Crippen LogP contribution in [0.3, 0.4) is 0 Å². The van der Waals surface area contributed by atoms with Crippen LogP contribution in [-0.4, -0.2) is 23.9 Å². The number of aliphatic carboxylic acids is 1. The summed E-state index contributed by atoms with van der Waals surface area (Å²) in [7, 11) is 0. The molecular weight excluding hydrogens is 411 g/mol. The number of hydrogen-bond donors (Lipinski definition) is 1. The maximum atomic E-state index is 13.9. The standard InChI is InChI=1S/C21H17F5O4/c22-20(23,21(24,25)26)16-3-1-2-15-14(16)6-7-17(15)30-12-4-5-13-11(8-19(27)28)10-29-18(13)9-12/h1-5,9,11,17H,6-8,10H2,(H,27,28). The van der Waals surface area contributed by atoms with Crippen molar-refractivity contribution in [1.82, 2.24) is 0 Å². The number of rotatable bonds is 5. The Bertz CT molecular complexity index is 986. The Labute approximate surface area is 168 Å². The molecule has 0 spiro atoms. The first kappa shape index (κ1) is 20.4. The number of hydrogen-bond acceptors (Lipinski definition) is 3. The molecule has 1 aliphatic carbocycles. The number of carboxylic acid groups (broad SMARTS) is 1. The van der Waals surface area contributed by atoms with Gasteiger partial charge >= 0.3 is 18.1 Å². The normalized spacial score (nSPS) is 20.4. The van der Waals surface area contributed by atoms with Crippen LogP contribution in [0.2, 0.25) is 0 Å². The van der Waals surface area contributed by atoms with Gasteiger partial charge in [-0.2, -0.15) is 22.0 Å². The molecule has 2 unspecified atom stereocenters. The minimum atomic E-state index is -5.68. The van der Waals surface area contributed by atoms with Crippen LogP contribution in [0.15, 0.2) is 36.4 Å². The zero-order valence-electron chi connectivity index (χ0n) is 15.5. The van der Waals surface area contributed by atoms with Crippen LogP contribution in [-0.2, 0) is 17.1 Å². The summed E-state index contributed by atoms with van der Waals surface area (Å²) in [6, 6.07) is 8.38. The first-order valence-electron chi connectivity index (χ1n) is 9.30. The molecule has 2 atom stereocenters. The Morgan fingerprint density at radius 1 is 1.13 bits per heavy atom. The molecule has 2 aliphatic rings. The highest BCUT2D eigenvalue weighted by molar-refractivity contribution is 5.68. The van der Waals surface area contributed by atoms with E-state index in [2.05, 4.69) is 0 Å². The quantitative estimate of drug-likeness (QED) is 0.652. The maximum absolute atomic E-state index is 13.9. The number of carbonyl (C=O) groups is 1. The molecular formula is C21H17F5O4.